The summed E-state index contributed by atoms with van der Waals surface area (Å²) in [6.07, 6.45) is 11.7. The van der Waals surface area contributed by atoms with E-state index in [1.54, 1.807) is 0 Å². The Labute approximate surface area is 416 Å². The van der Waals surface area contributed by atoms with E-state index in [2.05, 4.69) is 161 Å². The molecule has 4 aliphatic rings. The van der Waals surface area contributed by atoms with E-state index in [9.17, 15) is 5.11 Å². The van der Waals surface area contributed by atoms with Gasteiger partial charge in [-0.3, -0.25) is 0 Å². The maximum absolute atomic E-state index is 11.3. The van der Waals surface area contributed by atoms with Crippen LogP contribution in [-0.2, 0) is 20.3 Å². The molecule has 6 aromatic carbocycles. The molecule has 10 rings (SSSR count). The maximum Gasteiger partial charge on any atom is 0.122 e. The van der Waals surface area contributed by atoms with Gasteiger partial charge in [0.05, 0.1) is 13.2 Å². The third-order valence-corrected chi connectivity index (χ3v) is 16.2. The molecule has 2 heterocycles. The summed E-state index contributed by atoms with van der Waals surface area (Å²) in [7, 11) is 0. The predicted octanol–water partition coefficient (Wildman–Crippen LogP) is 13.1. The van der Waals surface area contributed by atoms with Crippen molar-refractivity contribution in [1.29, 1.82) is 0 Å². The van der Waals surface area contributed by atoms with Crippen molar-refractivity contribution in [3.63, 3.8) is 0 Å². The van der Waals surface area contributed by atoms with Gasteiger partial charge in [0.25, 0.3) is 0 Å². The first-order valence-electron chi connectivity index (χ1n) is 26.2. The molecule has 0 radical (unpaired) electrons. The summed E-state index contributed by atoms with van der Waals surface area (Å²) in [5.41, 5.74) is 12.1. The summed E-state index contributed by atoms with van der Waals surface area (Å²) < 4.78 is 35.6. The zero-order valence-corrected chi connectivity index (χ0v) is 41.8. The molecule has 2 aliphatic heterocycles. The highest BCUT2D eigenvalue weighted by Crippen LogP contribution is 2.53. The highest BCUT2D eigenvalue weighted by Gasteiger charge is 2.46. The van der Waals surface area contributed by atoms with Crippen molar-refractivity contribution >= 4 is 0 Å². The summed E-state index contributed by atoms with van der Waals surface area (Å²) in [5.74, 6) is 4.02. The van der Waals surface area contributed by atoms with Crippen LogP contribution in [0.4, 0.5) is 0 Å². The summed E-state index contributed by atoms with van der Waals surface area (Å²) in [6.45, 7) is 11.8. The molecule has 0 aromatic heterocycles. The van der Waals surface area contributed by atoms with Crippen molar-refractivity contribution in [1.82, 2.24) is 0 Å². The molecule has 0 amide bonds. The average molecular weight is 941 g/mol. The normalized spacial score (nSPS) is 20.4. The fourth-order valence-electron chi connectivity index (χ4n) is 11.9. The van der Waals surface area contributed by atoms with Gasteiger partial charge in [0.15, 0.2) is 0 Å². The highest BCUT2D eigenvalue weighted by atomic mass is 16.6. The molecule has 4 fully saturated rings. The van der Waals surface area contributed by atoms with E-state index in [1.807, 2.05) is 0 Å². The van der Waals surface area contributed by atoms with Gasteiger partial charge >= 0.3 is 0 Å². The first-order valence-corrected chi connectivity index (χ1v) is 26.2. The number of aliphatic hydroxyl groups excluding tert-OH is 1. The lowest BCUT2D eigenvalue weighted by molar-refractivity contribution is 0.0626. The summed E-state index contributed by atoms with van der Waals surface area (Å²) in [6, 6.07) is 49.0. The number of hydrogen-bond donors (Lipinski definition) is 1. The van der Waals surface area contributed by atoms with Crippen LogP contribution in [0, 0.1) is 39.5 Å². The van der Waals surface area contributed by atoms with Crippen molar-refractivity contribution in [2.45, 2.75) is 121 Å². The maximum atomic E-state index is 11.3. The lowest BCUT2D eigenvalue weighted by Crippen LogP contribution is -2.39. The van der Waals surface area contributed by atoms with Crippen LogP contribution >= 0.6 is 0 Å². The van der Waals surface area contributed by atoms with E-state index in [0.717, 1.165) is 61.9 Å². The van der Waals surface area contributed by atoms with E-state index in [-0.39, 0.29) is 36.3 Å². The second-order valence-electron chi connectivity index (χ2n) is 20.8. The van der Waals surface area contributed by atoms with E-state index in [0.29, 0.717) is 25.0 Å². The van der Waals surface area contributed by atoms with Crippen molar-refractivity contribution in [2.24, 2.45) is 11.8 Å². The van der Waals surface area contributed by atoms with Crippen LogP contribution < -0.4 is 18.9 Å². The second kappa shape index (κ2) is 21.4. The fourth-order valence-corrected chi connectivity index (χ4v) is 11.9. The third-order valence-electron chi connectivity index (χ3n) is 16.2. The molecule has 7 heteroatoms. The molecule has 4 unspecified atom stereocenters. The molecule has 2 aliphatic carbocycles. The van der Waals surface area contributed by atoms with Gasteiger partial charge in [-0.25, -0.2) is 0 Å². The molecule has 0 spiro atoms. The van der Waals surface area contributed by atoms with Crippen LogP contribution in [0.2, 0.25) is 0 Å². The third kappa shape index (κ3) is 10.4. The topological polar surface area (TPSA) is 82.2 Å². The Kier molecular flexibility index (Phi) is 14.7. The van der Waals surface area contributed by atoms with Gasteiger partial charge in [-0.2, -0.15) is 0 Å². The molecular formula is C63H72O7. The number of rotatable bonds is 20. The highest BCUT2D eigenvalue weighted by molar-refractivity contribution is 5.56. The molecule has 70 heavy (non-hydrogen) atoms. The fraction of sp³-hybridized carbons (Fsp3) is 0.429. The molecule has 1 N–H and O–H groups in total. The number of epoxide rings is 2. The van der Waals surface area contributed by atoms with Crippen LogP contribution in [0.15, 0.2) is 133 Å². The van der Waals surface area contributed by atoms with Gasteiger partial charge in [-0.15, -0.1) is 0 Å². The zero-order chi connectivity index (χ0) is 48.1. The molecular weight excluding hydrogens is 869 g/mol. The lowest BCUT2D eigenvalue weighted by Gasteiger charge is -2.45. The molecule has 2 saturated carbocycles. The Morgan fingerprint density at radius 3 is 1.01 bits per heavy atom. The molecule has 0 bridgehead atoms. The summed E-state index contributed by atoms with van der Waals surface area (Å²) >= 11 is 0. The minimum absolute atomic E-state index is 0.112. The Morgan fingerprint density at radius 2 is 0.714 bits per heavy atom. The van der Waals surface area contributed by atoms with Gasteiger partial charge < -0.3 is 33.5 Å². The first kappa shape index (κ1) is 48.0. The Balaban J connectivity index is 0.862. The lowest BCUT2D eigenvalue weighted by atomic mass is 9.58. The van der Waals surface area contributed by atoms with Crippen LogP contribution in [0.5, 0.6) is 23.0 Å². The number of aliphatic hydroxyl groups is 1. The number of benzene rings is 6. The summed E-state index contributed by atoms with van der Waals surface area (Å²) in [5, 5.41) is 11.3. The minimum atomic E-state index is -0.826. The van der Waals surface area contributed by atoms with E-state index in [1.165, 1.54) is 94.2 Å². The van der Waals surface area contributed by atoms with Gasteiger partial charge in [0.2, 0.25) is 0 Å². The smallest absolute Gasteiger partial charge is 0.122 e. The van der Waals surface area contributed by atoms with E-state index >= 15 is 0 Å². The predicted molar refractivity (Wildman–Crippen MR) is 278 cm³/mol. The largest absolute Gasteiger partial charge is 0.491 e. The number of aryl methyl sites for hydroxylation is 4. The first-order chi connectivity index (χ1) is 34.2. The summed E-state index contributed by atoms with van der Waals surface area (Å²) in [4.78, 5) is 0. The van der Waals surface area contributed by atoms with Gasteiger partial charge in [0.1, 0.15) is 67.7 Å². The molecule has 2 saturated heterocycles. The number of ether oxygens (including phenoxy) is 6. The van der Waals surface area contributed by atoms with Crippen molar-refractivity contribution in [3.05, 3.63) is 189 Å². The van der Waals surface area contributed by atoms with E-state index < -0.39 is 6.10 Å². The standard InChI is InChI=1S/C63H72O7/c1-43-15-17-53(35-45(43)3)62(47-11-7-5-8-12-47,51-23-31-58(32-24-51)67-39-60-41-69-60)49-19-27-56(28-20-49)65-37-55(64)38-66-57-29-21-50(22-30-57)63(48-13-9-6-10-14-48,54-18-16-44(2)46(4)36-54)52-25-33-59(34-26-52)68-40-61-42-70-61/h15-36,47-48,55,60-61,64H,5-14,37-42H2,1-4H3. The minimum Gasteiger partial charge on any atom is -0.491 e. The zero-order valence-electron chi connectivity index (χ0n) is 41.8. The van der Waals surface area contributed by atoms with Gasteiger partial charge in [0, 0.05) is 10.8 Å². The molecule has 6 aromatic rings. The van der Waals surface area contributed by atoms with Gasteiger partial charge in [-0.1, -0.05) is 123 Å². The SMILES string of the molecule is Cc1ccc(C(c2ccc(OCC(O)COc3ccc(C(c4ccc(OCC5CO5)cc4)(c4ccc(C)c(C)c4)C4CCCCC4)cc3)cc2)(c2ccc(OCC3CO3)cc2)C2CCCCC2)cc1C. The molecule has 4 atom stereocenters. The van der Waals surface area contributed by atoms with Crippen molar-refractivity contribution in [3.8, 4) is 23.0 Å². The molecule has 7 nitrogen and oxygen atoms in total. The van der Waals surface area contributed by atoms with Gasteiger partial charge in [-0.05, 0) is 169 Å². The average Bonchev–Trinajstić information content (AvgIpc) is 4.36. The van der Waals surface area contributed by atoms with Crippen LogP contribution in [-0.4, -0.2) is 63.1 Å². The Hall–Kier alpha value is -5.60. The monoisotopic (exact) mass is 941 g/mol. The van der Waals surface area contributed by atoms with Crippen LogP contribution in [0.1, 0.15) is 120 Å². The van der Waals surface area contributed by atoms with Crippen LogP contribution in [0.3, 0.4) is 0 Å². The Morgan fingerprint density at radius 1 is 0.414 bits per heavy atom. The van der Waals surface area contributed by atoms with E-state index in [4.69, 9.17) is 28.4 Å². The molecule has 366 valence electrons. The Bertz CT molecular complexity index is 2450. The second-order valence-corrected chi connectivity index (χ2v) is 20.8. The van der Waals surface area contributed by atoms with Crippen molar-refractivity contribution < 1.29 is 33.5 Å². The number of hydrogen-bond acceptors (Lipinski definition) is 7. The quantitative estimate of drug-likeness (QED) is 0.0603. The van der Waals surface area contributed by atoms with Crippen molar-refractivity contribution in [2.75, 3.05) is 39.6 Å². The van der Waals surface area contributed by atoms with Crippen LogP contribution in [0.25, 0.3) is 0 Å².